The number of nitrogens with zero attached hydrogens (tertiary/aromatic N) is 2. The molecule has 1 aromatic rings. The van der Waals surface area contributed by atoms with Gasteiger partial charge in [0.05, 0.1) is 17.3 Å². The first-order chi connectivity index (χ1) is 8.24. The Morgan fingerprint density at radius 3 is 3.24 bits per heavy atom. The minimum absolute atomic E-state index is 0.00461. The van der Waals surface area contributed by atoms with Gasteiger partial charge in [-0.25, -0.2) is 0 Å². The van der Waals surface area contributed by atoms with Gasteiger partial charge in [-0.1, -0.05) is 6.92 Å². The number of carbonyl (C=O) groups is 1. The van der Waals surface area contributed by atoms with Gasteiger partial charge in [0.1, 0.15) is 11.8 Å². The van der Waals surface area contributed by atoms with E-state index in [9.17, 15) is 4.79 Å². The van der Waals surface area contributed by atoms with Gasteiger partial charge in [0.15, 0.2) is 0 Å². The summed E-state index contributed by atoms with van der Waals surface area (Å²) in [6.07, 6.45) is 2.21. The first kappa shape index (κ1) is 12.7. The Kier molecular flexibility index (Phi) is 4.31. The van der Waals surface area contributed by atoms with Crippen LogP contribution in [0.3, 0.4) is 0 Å². The van der Waals surface area contributed by atoms with Gasteiger partial charge in [-0.3, -0.25) is 9.48 Å². The molecule has 5 nitrogen and oxygen atoms in total. The number of ketones is 1. The van der Waals surface area contributed by atoms with Crippen molar-refractivity contribution >= 4 is 21.7 Å². The molecule has 1 aromatic heterocycles. The van der Waals surface area contributed by atoms with Crippen molar-refractivity contribution in [3.05, 3.63) is 16.4 Å². The monoisotopic (exact) mass is 301 g/mol. The van der Waals surface area contributed by atoms with Gasteiger partial charge in [0.2, 0.25) is 5.78 Å². The summed E-state index contributed by atoms with van der Waals surface area (Å²) >= 11 is 3.37. The molecule has 2 heterocycles. The number of nitrogens with one attached hydrogen (secondary N) is 1. The van der Waals surface area contributed by atoms with Crippen molar-refractivity contribution in [1.29, 1.82) is 0 Å². The summed E-state index contributed by atoms with van der Waals surface area (Å²) in [5.41, 5.74) is 0.612. The van der Waals surface area contributed by atoms with E-state index >= 15 is 0 Å². The van der Waals surface area contributed by atoms with Crippen LogP contribution in [0, 0.1) is 0 Å². The van der Waals surface area contributed by atoms with Gasteiger partial charge in [0.25, 0.3) is 0 Å². The molecule has 1 N–H and O–H groups in total. The highest BCUT2D eigenvalue weighted by Gasteiger charge is 2.27. The third kappa shape index (κ3) is 2.75. The number of carbonyl (C=O) groups excluding carboxylic acids is 1. The van der Waals surface area contributed by atoms with Crippen molar-refractivity contribution in [3.63, 3.8) is 0 Å². The van der Waals surface area contributed by atoms with Crippen LogP contribution in [0.2, 0.25) is 0 Å². The molecule has 17 heavy (non-hydrogen) atoms. The highest BCUT2D eigenvalue weighted by molar-refractivity contribution is 9.10. The summed E-state index contributed by atoms with van der Waals surface area (Å²) in [4.78, 5) is 12.3. The number of morpholine rings is 1. The largest absolute Gasteiger partial charge is 0.367 e. The van der Waals surface area contributed by atoms with Crippen LogP contribution in [0.5, 0.6) is 0 Å². The minimum Gasteiger partial charge on any atom is -0.367 e. The molecule has 0 bridgehead atoms. The molecule has 1 aliphatic heterocycles. The van der Waals surface area contributed by atoms with E-state index in [-0.39, 0.29) is 5.78 Å². The van der Waals surface area contributed by atoms with Crippen molar-refractivity contribution in [3.8, 4) is 0 Å². The topological polar surface area (TPSA) is 56.2 Å². The molecule has 1 saturated heterocycles. The van der Waals surface area contributed by atoms with Crippen LogP contribution < -0.4 is 5.32 Å². The Morgan fingerprint density at radius 2 is 2.59 bits per heavy atom. The van der Waals surface area contributed by atoms with Crippen LogP contribution >= 0.6 is 15.9 Å². The molecular formula is C11H16BrN3O2. The molecule has 0 saturated carbocycles. The van der Waals surface area contributed by atoms with Crippen molar-refractivity contribution in [2.24, 2.45) is 0 Å². The van der Waals surface area contributed by atoms with E-state index in [1.807, 2.05) is 0 Å². The molecular weight excluding hydrogens is 286 g/mol. The van der Waals surface area contributed by atoms with E-state index in [1.54, 1.807) is 10.9 Å². The zero-order valence-corrected chi connectivity index (χ0v) is 11.4. The Morgan fingerprint density at radius 1 is 1.76 bits per heavy atom. The molecule has 94 valence electrons. The second-order valence-electron chi connectivity index (χ2n) is 3.99. The quantitative estimate of drug-likeness (QED) is 0.850. The minimum atomic E-state index is -0.396. The lowest BCUT2D eigenvalue weighted by atomic mass is 10.1. The summed E-state index contributed by atoms with van der Waals surface area (Å²) in [6.45, 7) is 4.76. The van der Waals surface area contributed by atoms with Crippen LogP contribution in [0.25, 0.3) is 0 Å². The van der Waals surface area contributed by atoms with E-state index in [0.717, 1.165) is 24.0 Å². The third-order valence-corrected chi connectivity index (χ3v) is 3.26. The highest BCUT2D eigenvalue weighted by Crippen LogP contribution is 2.19. The maximum Gasteiger partial charge on any atom is 0.211 e. The van der Waals surface area contributed by atoms with E-state index in [1.165, 1.54) is 0 Å². The predicted octanol–water partition coefficient (Wildman–Crippen LogP) is 1.23. The lowest BCUT2D eigenvalue weighted by Crippen LogP contribution is -2.43. The number of ether oxygens (including phenoxy) is 1. The molecule has 2 rings (SSSR count). The van der Waals surface area contributed by atoms with Crippen LogP contribution in [-0.2, 0) is 11.3 Å². The lowest BCUT2D eigenvalue weighted by molar-refractivity contribution is 0.0260. The summed E-state index contributed by atoms with van der Waals surface area (Å²) in [5.74, 6) is -0.00461. The molecule has 0 spiro atoms. The summed E-state index contributed by atoms with van der Waals surface area (Å²) in [6, 6.07) is 0. The number of hydrogen-bond donors (Lipinski definition) is 1. The van der Waals surface area contributed by atoms with Crippen molar-refractivity contribution in [2.45, 2.75) is 26.0 Å². The Bertz CT molecular complexity index is 399. The number of aryl methyl sites for hydroxylation is 1. The molecule has 0 aliphatic carbocycles. The van der Waals surface area contributed by atoms with Crippen molar-refractivity contribution < 1.29 is 9.53 Å². The normalized spacial score (nSPS) is 20.5. The van der Waals surface area contributed by atoms with Crippen molar-refractivity contribution in [1.82, 2.24) is 15.1 Å². The summed E-state index contributed by atoms with van der Waals surface area (Å²) in [7, 11) is 0. The molecule has 1 aliphatic rings. The summed E-state index contributed by atoms with van der Waals surface area (Å²) < 4.78 is 7.96. The number of Topliss-reactive ketones (excluding diaryl/α,β-unsaturated/α-hetero) is 1. The number of halogens is 1. The molecule has 1 atom stereocenters. The zero-order valence-electron chi connectivity index (χ0n) is 9.78. The molecule has 1 unspecified atom stereocenters. The van der Waals surface area contributed by atoms with Gasteiger partial charge in [-0.15, -0.1) is 0 Å². The highest BCUT2D eigenvalue weighted by atomic mass is 79.9. The van der Waals surface area contributed by atoms with Crippen LogP contribution in [0.4, 0.5) is 0 Å². The lowest BCUT2D eigenvalue weighted by Gasteiger charge is -2.22. The maximum absolute atomic E-state index is 12.3. The SMILES string of the molecule is CCCn1ncc(Br)c1C(=O)C1CNCCO1. The van der Waals surface area contributed by atoms with Crippen LogP contribution in [0.15, 0.2) is 10.7 Å². The number of hydrogen-bond acceptors (Lipinski definition) is 4. The van der Waals surface area contributed by atoms with E-state index < -0.39 is 6.10 Å². The number of rotatable bonds is 4. The summed E-state index contributed by atoms with van der Waals surface area (Å²) in [5, 5.41) is 7.35. The maximum atomic E-state index is 12.3. The van der Waals surface area contributed by atoms with Gasteiger partial charge in [0, 0.05) is 19.6 Å². The molecule has 0 radical (unpaired) electrons. The van der Waals surface area contributed by atoms with Gasteiger partial charge >= 0.3 is 0 Å². The fourth-order valence-electron chi connectivity index (χ4n) is 1.88. The Balaban J connectivity index is 2.19. The molecule has 6 heteroatoms. The van der Waals surface area contributed by atoms with Gasteiger partial charge in [-0.05, 0) is 22.4 Å². The predicted molar refractivity (Wildman–Crippen MR) is 67.2 cm³/mol. The average molecular weight is 302 g/mol. The Labute approximate surface area is 109 Å². The third-order valence-electron chi connectivity index (χ3n) is 2.68. The fraction of sp³-hybridized carbons (Fsp3) is 0.636. The Hall–Kier alpha value is -0.720. The van der Waals surface area contributed by atoms with Crippen LogP contribution in [0.1, 0.15) is 23.8 Å². The average Bonchev–Trinajstić information content (AvgIpc) is 2.71. The smallest absolute Gasteiger partial charge is 0.211 e. The molecule has 0 amide bonds. The van der Waals surface area contributed by atoms with Crippen LogP contribution in [-0.4, -0.2) is 41.4 Å². The zero-order chi connectivity index (χ0) is 12.3. The second kappa shape index (κ2) is 5.75. The second-order valence-corrected chi connectivity index (χ2v) is 4.85. The fourth-order valence-corrected chi connectivity index (χ4v) is 2.37. The van der Waals surface area contributed by atoms with E-state index in [2.05, 4.69) is 33.3 Å². The van der Waals surface area contributed by atoms with Gasteiger partial charge in [-0.2, -0.15) is 5.10 Å². The first-order valence-electron chi connectivity index (χ1n) is 5.82. The first-order valence-corrected chi connectivity index (χ1v) is 6.61. The van der Waals surface area contributed by atoms with Gasteiger partial charge < -0.3 is 10.1 Å². The van der Waals surface area contributed by atoms with Crippen molar-refractivity contribution in [2.75, 3.05) is 19.7 Å². The molecule has 1 fully saturated rings. The standard InChI is InChI=1S/C11H16BrN3O2/c1-2-4-15-10(8(12)6-14-15)11(16)9-7-13-3-5-17-9/h6,9,13H,2-5,7H2,1H3. The number of aromatic nitrogens is 2. The molecule has 0 aromatic carbocycles. The van der Waals surface area contributed by atoms with E-state index in [0.29, 0.717) is 18.8 Å². The van der Waals surface area contributed by atoms with E-state index in [4.69, 9.17) is 4.74 Å².